The molecule has 0 saturated heterocycles. The molecule has 0 fully saturated rings. The molecule has 0 aliphatic rings. The lowest BCUT2D eigenvalue weighted by molar-refractivity contribution is 0.398. The molecule has 2 nitrogen and oxygen atoms in total. The van der Waals surface area contributed by atoms with E-state index < -0.39 is 0 Å². The molecule has 0 bridgehead atoms. The van der Waals surface area contributed by atoms with Gasteiger partial charge in [0.1, 0.15) is 5.82 Å². The Morgan fingerprint density at radius 1 is 1.30 bits per heavy atom. The summed E-state index contributed by atoms with van der Waals surface area (Å²) in [7, 11) is 1.58. The molecular weight excluding hydrogens is 253 g/mol. The summed E-state index contributed by atoms with van der Waals surface area (Å²) in [4.78, 5) is 4.20. The molecule has 1 heterocycles. The van der Waals surface area contributed by atoms with Crippen LogP contribution < -0.4 is 4.74 Å². The number of hydrogen-bond acceptors (Lipinski definition) is 2. The first-order valence-electron chi connectivity index (χ1n) is 6.25. The van der Waals surface area contributed by atoms with Crippen LogP contribution in [-0.2, 0) is 0 Å². The molecule has 20 heavy (non-hydrogen) atoms. The zero-order chi connectivity index (χ0) is 14.5. The van der Waals surface area contributed by atoms with E-state index in [2.05, 4.69) is 11.6 Å². The molecule has 1 aromatic carbocycles. The van der Waals surface area contributed by atoms with Crippen LogP contribution in [0.3, 0.4) is 0 Å². The van der Waals surface area contributed by atoms with Gasteiger partial charge in [-0.25, -0.2) is 9.37 Å². The van der Waals surface area contributed by atoms with Crippen molar-refractivity contribution in [3.05, 3.63) is 77.8 Å². The topological polar surface area (TPSA) is 22.1 Å². The van der Waals surface area contributed by atoms with Crippen LogP contribution in [0, 0.1) is 12.7 Å². The Hall–Kier alpha value is -2.42. The van der Waals surface area contributed by atoms with Gasteiger partial charge in [0, 0.05) is 17.8 Å². The quantitative estimate of drug-likeness (QED) is 0.778. The van der Waals surface area contributed by atoms with Gasteiger partial charge in [0.2, 0.25) is 5.88 Å². The lowest BCUT2D eigenvalue weighted by atomic mass is 9.95. The summed E-state index contributed by atoms with van der Waals surface area (Å²) < 4.78 is 18.3. The van der Waals surface area contributed by atoms with Crippen molar-refractivity contribution >= 4 is 5.57 Å². The predicted octanol–water partition coefficient (Wildman–Crippen LogP) is 4.16. The van der Waals surface area contributed by atoms with Gasteiger partial charge in [0.15, 0.2) is 0 Å². The summed E-state index contributed by atoms with van der Waals surface area (Å²) >= 11 is 0. The second-order valence-corrected chi connectivity index (χ2v) is 4.36. The maximum atomic E-state index is 13.2. The van der Waals surface area contributed by atoms with Gasteiger partial charge in [-0.05, 0) is 41.8 Å². The Balaban J connectivity index is 2.50. The Labute approximate surface area is 118 Å². The Bertz CT molecular complexity index is 645. The normalized spacial score (nSPS) is 11.2. The Kier molecular flexibility index (Phi) is 4.31. The average Bonchev–Trinajstić information content (AvgIpc) is 2.46. The number of ether oxygens (including phenoxy) is 1. The van der Waals surface area contributed by atoms with Gasteiger partial charge in [0.05, 0.1) is 7.11 Å². The number of allylic oxidation sites excluding steroid dienone is 2. The van der Waals surface area contributed by atoms with E-state index in [4.69, 9.17) is 4.74 Å². The number of hydrogen-bond donors (Lipinski definition) is 0. The summed E-state index contributed by atoms with van der Waals surface area (Å²) in [6, 6.07) is 8.46. The van der Waals surface area contributed by atoms with Crippen LogP contribution in [0.15, 0.2) is 55.3 Å². The van der Waals surface area contributed by atoms with E-state index in [1.54, 1.807) is 31.5 Å². The second kappa shape index (κ2) is 6.15. The highest BCUT2D eigenvalue weighted by molar-refractivity contribution is 5.82. The zero-order valence-corrected chi connectivity index (χ0v) is 11.6. The van der Waals surface area contributed by atoms with Crippen LogP contribution >= 0.6 is 0 Å². The number of benzene rings is 1. The molecule has 2 aromatic rings. The third kappa shape index (κ3) is 2.94. The fourth-order valence-electron chi connectivity index (χ4n) is 2.05. The maximum absolute atomic E-state index is 13.2. The van der Waals surface area contributed by atoms with E-state index in [9.17, 15) is 4.39 Å². The first kappa shape index (κ1) is 14.0. The average molecular weight is 269 g/mol. The molecule has 2 rings (SSSR count). The molecule has 0 unspecified atom stereocenters. The molecule has 0 saturated carbocycles. The standard InChI is InChI=1S/C17H16FNO/c1-4-5-16(13-6-9-17(20-3)19-11-13)15-8-7-14(18)10-12(15)2/h4-11H,1H2,2-3H3/b16-5-. The zero-order valence-electron chi connectivity index (χ0n) is 11.6. The van der Waals surface area contributed by atoms with Gasteiger partial charge in [-0.3, -0.25) is 0 Å². The monoisotopic (exact) mass is 269 g/mol. The molecule has 0 atom stereocenters. The lowest BCUT2D eigenvalue weighted by Crippen LogP contribution is -1.94. The van der Waals surface area contributed by atoms with Crippen molar-refractivity contribution in [3.63, 3.8) is 0 Å². The minimum atomic E-state index is -0.239. The fourth-order valence-corrected chi connectivity index (χ4v) is 2.05. The molecule has 1 aromatic heterocycles. The maximum Gasteiger partial charge on any atom is 0.212 e. The molecule has 0 spiro atoms. The van der Waals surface area contributed by atoms with Gasteiger partial charge in [-0.15, -0.1) is 0 Å². The number of aryl methyl sites for hydroxylation is 1. The van der Waals surface area contributed by atoms with E-state index in [-0.39, 0.29) is 5.82 Å². The number of halogens is 1. The van der Waals surface area contributed by atoms with Gasteiger partial charge in [0.25, 0.3) is 0 Å². The van der Waals surface area contributed by atoms with Gasteiger partial charge in [-0.1, -0.05) is 24.8 Å². The van der Waals surface area contributed by atoms with Crippen LogP contribution in [0.4, 0.5) is 4.39 Å². The fraction of sp³-hybridized carbons (Fsp3) is 0.118. The van der Waals surface area contributed by atoms with Gasteiger partial charge < -0.3 is 4.74 Å². The predicted molar refractivity (Wildman–Crippen MR) is 79.2 cm³/mol. The Morgan fingerprint density at radius 3 is 2.65 bits per heavy atom. The summed E-state index contributed by atoms with van der Waals surface area (Å²) in [6.07, 6.45) is 5.34. The van der Waals surface area contributed by atoms with Crippen molar-refractivity contribution in [3.8, 4) is 5.88 Å². The van der Waals surface area contributed by atoms with Crippen LogP contribution in [-0.4, -0.2) is 12.1 Å². The smallest absolute Gasteiger partial charge is 0.212 e. The van der Waals surface area contributed by atoms with Crippen molar-refractivity contribution in [2.45, 2.75) is 6.92 Å². The van der Waals surface area contributed by atoms with E-state index in [0.717, 1.165) is 22.3 Å². The number of rotatable bonds is 4. The van der Waals surface area contributed by atoms with Crippen LogP contribution in [0.5, 0.6) is 5.88 Å². The first-order valence-corrected chi connectivity index (χ1v) is 6.25. The van der Waals surface area contributed by atoms with Gasteiger partial charge in [-0.2, -0.15) is 0 Å². The summed E-state index contributed by atoms with van der Waals surface area (Å²) in [6.45, 7) is 5.62. The van der Waals surface area contributed by atoms with Crippen LogP contribution in [0.1, 0.15) is 16.7 Å². The molecule has 0 amide bonds. The minimum absolute atomic E-state index is 0.239. The number of methoxy groups -OCH3 is 1. The van der Waals surface area contributed by atoms with Crippen molar-refractivity contribution in [1.29, 1.82) is 0 Å². The van der Waals surface area contributed by atoms with E-state index in [1.165, 1.54) is 12.1 Å². The third-order valence-electron chi connectivity index (χ3n) is 3.02. The highest BCUT2D eigenvalue weighted by atomic mass is 19.1. The summed E-state index contributed by atoms with van der Waals surface area (Å²) in [5.74, 6) is 0.319. The second-order valence-electron chi connectivity index (χ2n) is 4.36. The van der Waals surface area contributed by atoms with Crippen LogP contribution in [0.2, 0.25) is 0 Å². The molecule has 0 aliphatic heterocycles. The molecule has 0 aliphatic carbocycles. The van der Waals surface area contributed by atoms with E-state index in [1.807, 2.05) is 19.1 Å². The van der Waals surface area contributed by atoms with Crippen molar-refractivity contribution < 1.29 is 9.13 Å². The first-order chi connectivity index (χ1) is 9.65. The molecular formula is C17H16FNO. The summed E-state index contributed by atoms with van der Waals surface area (Å²) in [5, 5.41) is 0. The largest absolute Gasteiger partial charge is 0.481 e. The number of pyridine rings is 1. The number of nitrogens with zero attached hydrogens (tertiary/aromatic N) is 1. The van der Waals surface area contributed by atoms with Crippen LogP contribution in [0.25, 0.3) is 5.57 Å². The summed E-state index contributed by atoms with van der Waals surface area (Å²) in [5.41, 5.74) is 3.71. The highest BCUT2D eigenvalue weighted by Gasteiger charge is 2.09. The van der Waals surface area contributed by atoms with E-state index in [0.29, 0.717) is 5.88 Å². The molecule has 102 valence electrons. The molecule has 0 radical (unpaired) electrons. The highest BCUT2D eigenvalue weighted by Crippen LogP contribution is 2.27. The minimum Gasteiger partial charge on any atom is -0.481 e. The van der Waals surface area contributed by atoms with Crippen molar-refractivity contribution in [2.75, 3.05) is 7.11 Å². The van der Waals surface area contributed by atoms with Crippen molar-refractivity contribution in [2.24, 2.45) is 0 Å². The number of aromatic nitrogens is 1. The third-order valence-corrected chi connectivity index (χ3v) is 3.02. The van der Waals surface area contributed by atoms with Crippen molar-refractivity contribution in [1.82, 2.24) is 4.98 Å². The molecule has 0 N–H and O–H groups in total. The van der Waals surface area contributed by atoms with E-state index >= 15 is 0 Å². The van der Waals surface area contributed by atoms with Gasteiger partial charge >= 0.3 is 0 Å². The Morgan fingerprint density at radius 2 is 2.10 bits per heavy atom. The lowest BCUT2D eigenvalue weighted by Gasteiger charge is -2.11. The molecule has 3 heteroatoms. The SMILES string of the molecule is C=C/C=C(/c1ccc(OC)nc1)c1ccc(F)cc1C.